The molecule has 0 spiro atoms. The van der Waals surface area contributed by atoms with E-state index in [1.165, 1.54) is 116 Å². The summed E-state index contributed by atoms with van der Waals surface area (Å²) in [5, 5.41) is 3.40. The van der Waals surface area contributed by atoms with Crippen molar-refractivity contribution in [3.63, 3.8) is 0 Å². The van der Waals surface area contributed by atoms with Gasteiger partial charge in [-0.3, -0.25) is 5.32 Å². The molecule has 0 aromatic rings. The molecule has 0 aliphatic rings. The molecule has 0 aromatic heterocycles. The van der Waals surface area contributed by atoms with Crippen molar-refractivity contribution in [1.29, 1.82) is 0 Å². The number of nitrogens with two attached hydrogens (primary N) is 1. The summed E-state index contributed by atoms with van der Waals surface area (Å²) in [6.45, 7) is 12.0. The second-order valence-corrected chi connectivity index (χ2v) is 11.1. The van der Waals surface area contributed by atoms with Crippen molar-refractivity contribution in [2.45, 2.75) is 142 Å². The monoisotopic (exact) mass is 540 g/mol. The van der Waals surface area contributed by atoms with Crippen molar-refractivity contribution in [2.24, 2.45) is 5.73 Å². The zero-order chi connectivity index (χ0) is 27.8. The predicted molar refractivity (Wildman–Crippen MR) is 164 cm³/mol. The number of unbranched alkanes of at least 4 members (excludes halogenated alkanes) is 17. The van der Waals surface area contributed by atoms with Gasteiger partial charge in [-0.15, -0.1) is 0 Å². The Labute approximate surface area is 237 Å². The number of hydrogen-bond donors (Lipinski definition) is 2. The minimum Gasteiger partial charge on any atom is -0.366 e. The van der Waals surface area contributed by atoms with Crippen LogP contribution in [-0.4, -0.2) is 74.7 Å². The van der Waals surface area contributed by atoms with Crippen LogP contribution >= 0.6 is 0 Å². The number of ether oxygens (including phenoxy) is 1. The Morgan fingerprint density at radius 1 is 0.658 bits per heavy atom. The first kappa shape index (κ1) is 37.2. The molecule has 0 saturated carbocycles. The first-order valence-corrected chi connectivity index (χ1v) is 16.6. The third-order valence-electron chi connectivity index (χ3n) is 7.46. The first-order valence-electron chi connectivity index (χ1n) is 16.6. The fourth-order valence-corrected chi connectivity index (χ4v) is 4.96. The highest BCUT2D eigenvalue weighted by Gasteiger charge is 2.09. The van der Waals surface area contributed by atoms with Gasteiger partial charge in [0.05, 0.1) is 6.73 Å². The van der Waals surface area contributed by atoms with Gasteiger partial charge < -0.3 is 15.4 Å². The number of carbonyl (C=O) groups excluding carboxylic acids is 1. The Bertz CT molecular complexity index is 512. The second kappa shape index (κ2) is 32.4. The normalized spacial score (nSPS) is 11.4. The zero-order valence-corrected chi connectivity index (χ0v) is 25.8. The molecule has 0 aromatic carbocycles. The van der Waals surface area contributed by atoms with Crippen molar-refractivity contribution in [3.05, 3.63) is 0 Å². The van der Waals surface area contributed by atoms with Crippen LogP contribution in [-0.2, 0) is 9.53 Å². The fourth-order valence-electron chi connectivity index (χ4n) is 4.96. The molecule has 0 aliphatic carbocycles. The lowest BCUT2D eigenvalue weighted by atomic mass is 10.1. The largest absolute Gasteiger partial charge is 0.424 e. The maximum absolute atomic E-state index is 11.4. The molecular weight excluding hydrogens is 472 g/mol. The third kappa shape index (κ3) is 28.2. The van der Waals surface area contributed by atoms with Gasteiger partial charge in [0.25, 0.3) is 0 Å². The highest BCUT2D eigenvalue weighted by atomic mass is 16.5. The third-order valence-corrected chi connectivity index (χ3v) is 7.46. The van der Waals surface area contributed by atoms with E-state index >= 15 is 0 Å². The van der Waals surface area contributed by atoms with Crippen molar-refractivity contribution in [3.8, 4) is 0 Å². The summed E-state index contributed by atoms with van der Waals surface area (Å²) in [4.78, 5) is 13.7. The van der Waals surface area contributed by atoms with Crippen molar-refractivity contribution < 1.29 is 14.1 Å². The summed E-state index contributed by atoms with van der Waals surface area (Å²) in [5.41, 5.74) is 5.82. The van der Waals surface area contributed by atoms with Gasteiger partial charge in [0, 0.05) is 52.2 Å². The van der Waals surface area contributed by atoms with E-state index in [-0.39, 0.29) is 0 Å². The van der Waals surface area contributed by atoms with E-state index < -0.39 is 0 Å². The molecular formula is C32H67N4O2+. The van der Waals surface area contributed by atoms with Gasteiger partial charge in [0.2, 0.25) is 0 Å². The zero-order valence-electron chi connectivity index (χ0n) is 25.8. The minimum atomic E-state index is 0.625. The van der Waals surface area contributed by atoms with Gasteiger partial charge in [-0.25, -0.2) is 0 Å². The Balaban J connectivity index is 3.64. The molecule has 6 nitrogen and oxygen atoms in total. The molecule has 0 bridgehead atoms. The lowest BCUT2D eigenvalue weighted by Gasteiger charge is -2.21. The van der Waals surface area contributed by atoms with E-state index in [2.05, 4.69) is 30.1 Å². The van der Waals surface area contributed by atoms with Crippen LogP contribution in [0, 0.1) is 0 Å². The highest BCUT2D eigenvalue weighted by Crippen LogP contribution is 2.11. The first-order chi connectivity index (χ1) is 18.8. The average molecular weight is 540 g/mol. The molecule has 0 fully saturated rings. The smallest absolute Gasteiger partial charge is 0.366 e. The van der Waals surface area contributed by atoms with Crippen LogP contribution in [0.2, 0.25) is 0 Å². The van der Waals surface area contributed by atoms with Gasteiger partial charge in [0.15, 0.2) is 13.1 Å². The molecule has 0 atom stereocenters. The minimum absolute atomic E-state index is 0.625. The molecule has 0 radical (unpaired) electrons. The highest BCUT2D eigenvalue weighted by molar-refractivity contribution is 5.24. The topological polar surface area (TPSA) is 70.6 Å². The SMILES string of the molecule is CCCCCCCCCCCC[N+](=C=O)CCCN(CCN)CCNCOCCCCCCCCCCC. The fraction of sp³-hybridized carbons (Fsp3) is 0.969. The number of nitrogens with zero attached hydrogens (tertiary/aromatic N) is 2. The Hall–Kier alpha value is -0.780. The maximum Gasteiger partial charge on any atom is 0.424 e. The average Bonchev–Trinajstić information content (AvgIpc) is 2.93. The van der Waals surface area contributed by atoms with Crippen LogP contribution in [0.15, 0.2) is 0 Å². The quantitative estimate of drug-likeness (QED) is 0.0317. The molecule has 3 N–H and O–H groups in total. The van der Waals surface area contributed by atoms with Crippen molar-refractivity contribution in [1.82, 2.24) is 10.2 Å². The van der Waals surface area contributed by atoms with Gasteiger partial charge in [-0.2, -0.15) is 9.37 Å². The summed E-state index contributed by atoms with van der Waals surface area (Å²) >= 11 is 0. The van der Waals surface area contributed by atoms with Crippen LogP contribution in [0.1, 0.15) is 142 Å². The van der Waals surface area contributed by atoms with E-state index in [4.69, 9.17) is 10.5 Å². The van der Waals surface area contributed by atoms with E-state index in [1.807, 2.05) is 4.58 Å². The van der Waals surface area contributed by atoms with Crippen LogP contribution in [0.25, 0.3) is 0 Å². The molecule has 38 heavy (non-hydrogen) atoms. The van der Waals surface area contributed by atoms with Crippen molar-refractivity contribution in [2.75, 3.05) is 59.2 Å². The summed E-state index contributed by atoms with van der Waals surface area (Å²) in [5.74, 6) is 0. The van der Waals surface area contributed by atoms with E-state index in [0.29, 0.717) is 13.3 Å². The summed E-state index contributed by atoms with van der Waals surface area (Å²) in [7, 11) is 0. The Morgan fingerprint density at radius 2 is 1.16 bits per heavy atom. The lowest BCUT2D eigenvalue weighted by Crippen LogP contribution is -2.37. The Kier molecular flexibility index (Phi) is 31.8. The molecule has 0 heterocycles. The van der Waals surface area contributed by atoms with Gasteiger partial charge in [-0.05, 0) is 12.8 Å². The van der Waals surface area contributed by atoms with E-state index in [1.54, 1.807) is 0 Å². The molecule has 0 aliphatic heterocycles. The second-order valence-electron chi connectivity index (χ2n) is 11.1. The number of hydrogen-bond acceptors (Lipinski definition) is 5. The number of isocyanates is 1. The summed E-state index contributed by atoms with van der Waals surface area (Å²) in [6, 6.07) is 0. The van der Waals surface area contributed by atoms with Crippen LogP contribution in [0.3, 0.4) is 0 Å². The van der Waals surface area contributed by atoms with Gasteiger partial charge in [0.1, 0.15) is 0 Å². The molecule has 0 amide bonds. The Morgan fingerprint density at radius 3 is 1.68 bits per heavy atom. The van der Waals surface area contributed by atoms with Crippen LogP contribution in [0.5, 0.6) is 0 Å². The van der Waals surface area contributed by atoms with Crippen LogP contribution in [0.4, 0.5) is 0 Å². The van der Waals surface area contributed by atoms with E-state index in [0.717, 1.165) is 58.7 Å². The number of rotatable bonds is 32. The van der Waals surface area contributed by atoms with Gasteiger partial charge >= 0.3 is 6.08 Å². The van der Waals surface area contributed by atoms with E-state index in [9.17, 15) is 4.79 Å². The van der Waals surface area contributed by atoms with Gasteiger partial charge in [-0.1, -0.05) is 117 Å². The lowest BCUT2D eigenvalue weighted by molar-refractivity contribution is -0.526. The molecule has 0 rings (SSSR count). The summed E-state index contributed by atoms with van der Waals surface area (Å²) in [6.07, 6.45) is 28.4. The summed E-state index contributed by atoms with van der Waals surface area (Å²) < 4.78 is 7.58. The standard InChI is InChI=1S/C32H67N4O2/c1-3-5-7-9-11-13-14-16-18-20-25-36(32-37)27-22-26-35(28-23-33)29-24-34-31-38-30-21-19-17-15-12-10-8-6-4-2/h34H,3-31,33H2,1-2H3/q+1. The maximum atomic E-state index is 11.4. The number of nitrogens with one attached hydrogen (secondary N) is 1. The molecule has 0 saturated heterocycles. The van der Waals surface area contributed by atoms with Crippen molar-refractivity contribution >= 4 is 6.08 Å². The molecule has 0 unspecified atom stereocenters. The molecule has 226 valence electrons. The molecule has 6 heteroatoms. The van der Waals surface area contributed by atoms with Crippen LogP contribution < -0.4 is 11.1 Å². The predicted octanol–water partition coefficient (Wildman–Crippen LogP) is 7.00.